The van der Waals surface area contributed by atoms with Crippen molar-refractivity contribution < 1.29 is 51.4 Å². The van der Waals surface area contributed by atoms with Crippen LogP contribution in [0.1, 0.15) is 27.2 Å². The Morgan fingerprint density at radius 2 is 2.00 bits per heavy atom. The number of carbonyl (C=O) groups excluding carboxylic acids is 3. The minimum atomic E-state index is -4.66. The van der Waals surface area contributed by atoms with E-state index in [1.165, 1.54) is 31.2 Å². The largest absolute Gasteiger partial charge is 0.462 e. The lowest BCUT2D eigenvalue weighted by Gasteiger charge is -2.31. The van der Waals surface area contributed by atoms with Gasteiger partial charge in [0.05, 0.1) is 19.1 Å². The lowest BCUT2D eigenvalue weighted by Crippen LogP contribution is -2.51. The molecule has 1 fully saturated rings. The summed E-state index contributed by atoms with van der Waals surface area (Å²) in [5.74, 6) is -6.80. The molecule has 17 heteroatoms. The molecule has 1 amide bonds. The van der Waals surface area contributed by atoms with E-state index in [9.17, 15) is 24.1 Å². The van der Waals surface area contributed by atoms with E-state index in [0.29, 0.717) is 4.90 Å². The second-order valence-electron chi connectivity index (χ2n) is 8.85. The number of esters is 1. The van der Waals surface area contributed by atoms with Crippen LogP contribution in [0.5, 0.6) is 5.75 Å². The molecule has 39 heavy (non-hydrogen) atoms. The quantitative estimate of drug-likeness (QED) is 0.0994. The summed E-state index contributed by atoms with van der Waals surface area (Å²) in [6.45, 7) is 3.16. The van der Waals surface area contributed by atoms with Crippen LogP contribution in [0, 0.1) is 0 Å². The van der Waals surface area contributed by atoms with Crippen molar-refractivity contribution in [2.45, 2.75) is 63.3 Å². The highest BCUT2D eigenvalue weighted by atomic mass is 31.2. The molecule has 0 aliphatic carbocycles. The number of nitrogens with one attached hydrogen (secondary N) is 1. The molecule has 14 nitrogen and oxygen atoms in total. The molecular weight excluding hydrogens is 547 g/mol. The fraction of sp³-hybridized carbons (Fsp3) is 0.500. The summed E-state index contributed by atoms with van der Waals surface area (Å²) in [4.78, 5) is 38.8. The zero-order chi connectivity index (χ0) is 29.0. The van der Waals surface area contributed by atoms with Gasteiger partial charge >= 0.3 is 19.6 Å². The first-order valence-corrected chi connectivity index (χ1v) is 13.1. The Labute approximate surface area is 221 Å². The molecule has 2 heterocycles. The number of benzene rings is 1. The van der Waals surface area contributed by atoms with Crippen LogP contribution in [0.3, 0.4) is 0 Å². The molecular formula is C22H26F2N5O9P. The molecule has 0 spiro atoms. The van der Waals surface area contributed by atoms with Gasteiger partial charge in [0.15, 0.2) is 11.9 Å². The summed E-state index contributed by atoms with van der Waals surface area (Å²) >= 11 is 0. The Morgan fingerprint density at radius 3 is 2.59 bits per heavy atom. The van der Waals surface area contributed by atoms with Gasteiger partial charge in [-0.3, -0.25) is 23.8 Å². The van der Waals surface area contributed by atoms with Crippen molar-refractivity contribution in [3.8, 4) is 5.75 Å². The Hall–Kier alpha value is -3.39. The number of para-hydroxylation sites is 1. The molecule has 0 bridgehead atoms. The van der Waals surface area contributed by atoms with Crippen LogP contribution < -0.4 is 9.61 Å². The number of hydrogen-bond donors (Lipinski definition) is 2. The first kappa shape index (κ1) is 30.2. The second kappa shape index (κ2) is 11.8. The fourth-order valence-electron chi connectivity index (χ4n) is 3.58. The summed E-state index contributed by atoms with van der Waals surface area (Å²) in [6.07, 6.45) is -5.06. The number of amides is 1. The zero-order valence-electron chi connectivity index (χ0n) is 21.0. The third kappa shape index (κ3) is 6.79. The third-order valence-electron chi connectivity index (χ3n) is 5.41. The smallest absolute Gasteiger partial charge is 0.459 e. The molecule has 0 aromatic heterocycles. The van der Waals surface area contributed by atoms with Crippen LogP contribution >= 0.6 is 7.75 Å². The van der Waals surface area contributed by atoms with Crippen LogP contribution in [0.25, 0.3) is 10.4 Å². The molecule has 1 aromatic rings. The van der Waals surface area contributed by atoms with Gasteiger partial charge in [-0.2, -0.15) is 13.9 Å². The molecule has 0 saturated carbocycles. The van der Waals surface area contributed by atoms with Crippen LogP contribution in [0.4, 0.5) is 8.78 Å². The monoisotopic (exact) mass is 573 g/mol. The minimum Gasteiger partial charge on any atom is -0.462 e. The average Bonchev–Trinajstić information content (AvgIpc) is 3.04. The third-order valence-corrected chi connectivity index (χ3v) is 7.03. The number of aliphatic hydroxyl groups excluding tert-OH is 1. The van der Waals surface area contributed by atoms with E-state index in [4.69, 9.17) is 24.1 Å². The van der Waals surface area contributed by atoms with Crippen molar-refractivity contribution in [1.29, 1.82) is 0 Å². The molecule has 1 saturated heterocycles. The fourth-order valence-corrected chi connectivity index (χ4v) is 5.09. The average molecular weight is 573 g/mol. The minimum absolute atomic E-state index is 0.0135. The molecule has 2 unspecified atom stereocenters. The van der Waals surface area contributed by atoms with Gasteiger partial charge in [0.2, 0.25) is 17.9 Å². The molecule has 2 aliphatic rings. The highest BCUT2D eigenvalue weighted by Crippen LogP contribution is 2.50. The van der Waals surface area contributed by atoms with Gasteiger partial charge < -0.3 is 19.1 Å². The maximum absolute atomic E-state index is 15.2. The van der Waals surface area contributed by atoms with Crippen molar-refractivity contribution in [2.24, 2.45) is 5.11 Å². The first-order chi connectivity index (χ1) is 18.2. The van der Waals surface area contributed by atoms with Crippen LogP contribution in [0.2, 0.25) is 0 Å². The summed E-state index contributed by atoms with van der Waals surface area (Å²) in [6, 6.07) is 6.16. The van der Waals surface area contributed by atoms with Crippen molar-refractivity contribution >= 4 is 25.4 Å². The van der Waals surface area contributed by atoms with Gasteiger partial charge in [0.1, 0.15) is 11.8 Å². The number of hydrogen-bond acceptors (Lipinski definition) is 10. The highest BCUT2D eigenvalue weighted by Gasteiger charge is 2.69. The highest BCUT2D eigenvalue weighted by molar-refractivity contribution is 7.52. The Kier molecular flexibility index (Phi) is 9.11. The van der Waals surface area contributed by atoms with Gasteiger partial charge in [-0.25, -0.2) is 4.57 Å². The first-order valence-electron chi connectivity index (χ1n) is 11.5. The number of ketones is 1. The zero-order valence-corrected chi connectivity index (χ0v) is 21.9. The predicted molar refractivity (Wildman–Crippen MR) is 128 cm³/mol. The number of ether oxygens (including phenoxy) is 2. The van der Waals surface area contributed by atoms with E-state index in [1.807, 2.05) is 0 Å². The van der Waals surface area contributed by atoms with E-state index in [2.05, 4.69) is 15.1 Å². The lowest BCUT2D eigenvalue weighted by atomic mass is 10.0. The van der Waals surface area contributed by atoms with Crippen molar-refractivity contribution in [1.82, 2.24) is 9.99 Å². The van der Waals surface area contributed by atoms with E-state index in [1.54, 1.807) is 19.9 Å². The maximum atomic E-state index is 15.2. The van der Waals surface area contributed by atoms with Gasteiger partial charge in [-0.1, -0.05) is 23.3 Å². The number of azide groups is 1. The molecule has 2 aliphatic heterocycles. The standard InChI is InChI=1S/C22H26F2N5O9P/c1-13(2)36-18(32)14(3)26-39(34,38-16-7-5-4-6-8-16)35-12-21(27-28-25)19(33)22(23,24)20(37-21)29-10-9-15(30)11-17(29)31/h4-10,13-14,19-20,33H,11-12H2,1-3H3,(H,26,34)/t14?,19-,20-,21-,39?/m1/s1. The van der Waals surface area contributed by atoms with Gasteiger partial charge in [0, 0.05) is 11.1 Å². The summed E-state index contributed by atoms with van der Waals surface area (Å²) in [7, 11) is -4.66. The molecule has 3 rings (SSSR count). The van der Waals surface area contributed by atoms with Crippen molar-refractivity contribution in [3.05, 3.63) is 53.1 Å². The van der Waals surface area contributed by atoms with Gasteiger partial charge in [-0.15, -0.1) is 0 Å². The summed E-state index contributed by atoms with van der Waals surface area (Å²) < 4.78 is 65.0. The predicted octanol–water partition coefficient (Wildman–Crippen LogP) is 2.79. The number of nitrogens with zero attached hydrogens (tertiary/aromatic N) is 4. The Morgan fingerprint density at radius 1 is 1.33 bits per heavy atom. The van der Waals surface area contributed by atoms with Gasteiger partial charge in [0.25, 0.3) is 0 Å². The molecule has 0 radical (unpaired) electrons. The SMILES string of the molecule is CC(C)OC(=O)C(C)NP(=O)(OC[C@@]1(N=[N+]=[N-])O[C@@H](N2C=CC(=O)CC2=O)C(F)(F)[C@@H]1O)Oc1ccccc1. The molecule has 212 valence electrons. The summed E-state index contributed by atoms with van der Waals surface area (Å²) in [5, 5.41) is 16.0. The van der Waals surface area contributed by atoms with E-state index in [0.717, 1.165) is 12.3 Å². The number of aliphatic hydroxyl groups is 1. The number of carbonyl (C=O) groups is 3. The topological polar surface area (TPSA) is 189 Å². The van der Waals surface area contributed by atoms with Crippen LogP contribution in [-0.4, -0.2) is 70.4 Å². The maximum Gasteiger partial charge on any atom is 0.459 e. The van der Waals surface area contributed by atoms with Crippen molar-refractivity contribution in [2.75, 3.05) is 6.61 Å². The van der Waals surface area contributed by atoms with E-state index in [-0.39, 0.29) is 5.75 Å². The van der Waals surface area contributed by atoms with E-state index >= 15 is 8.78 Å². The van der Waals surface area contributed by atoms with E-state index < -0.39 is 74.6 Å². The number of alkyl halides is 2. The Balaban J connectivity index is 1.92. The lowest BCUT2D eigenvalue weighted by molar-refractivity contribution is -0.176. The molecule has 1 aromatic carbocycles. The Bertz CT molecular complexity index is 1230. The normalized spacial score (nSPS) is 26.6. The number of rotatable bonds is 11. The number of halogens is 2. The van der Waals surface area contributed by atoms with Crippen molar-refractivity contribution in [3.63, 3.8) is 0 Å². The second-order valence-corrected chi connectivity index (χ2v) is 10.5. The summed E-state index contributed by atoms with van der Waals surface area (Å²) in [5.41, 5.74) is 6.16. The molecule has 2 N–H and O–H groups in total. The molecule has 5 atom stereocenters. The van der Waals surface area contributed by atoms with Crippen LogP contribution in [0.15, 0.2) is 47.7 Å². The van der Waals surface area contributed by atoms with Gasteiger partial charge in [-0.05, 0) is 44.5 Å². The number of allylic oxidation sites excluding steroid dienone is 1. The van der Waals surface area contributed by atoms with Crippen LogP contribution in [-0.2, 0) is 32.9 Å².